The molecule has 1 saturated heterocycles. The Hall–Kier alpha value is -0.860. The normalized spacial score (nSPS) is 51.4. The molecule has 3 aliphatic carbocycles. The molecule has 1 N–H and O–H groups in total. The molecule has 0 spiro atoms. The van der Waals surface area contributed by atoms with Crippen LogP contribution in [0.2, 0.25) is 0 Å². The Bertz CT molecular complexity index is 516. The third kappa shape index (κ3) is 1.86. The van der Waals surface area contributed by atoms with Crippen LogP contribution in [0.5, 0.6) is 0 Å². The van der Waals surface area contributed by atoms with Crippen LogP contribution in [0.1, 0.15) is 65.2 Å². The minimum Gasteiger partial charge on any atom is -0.481 e. The number of hydrogen-bond donors (Lipinski definition) is 1. The van der Waals surface area contributed by atoms with Gasteiger partial charge in [-0.25, -0.2) is 0 Å². The maximum Gasteiger partial charge on any atom is 0.180 e. The second kappa shape index (κ2) is 4.82. The number of rotatable bonds is 0. The van der Waals surface area contributed by atoms with Crippen LogP contribution in [0.15, 0.2) is 0 Å². The highest BCUT2D eigenvalue weighted by molar-refractivity contribution is 5.87. The van der Waals surface area contributed by atoms with Crippen molar-refractivity contribution in [3.05, 3.63) is 0 Å². The van der Waals surface area contributed by atoms with E-state index in [-0.39, 0.29) is 5.41 Å². The molecule has 6 unspecified atom stereocenters. The Balaban J connectivity index is 1.66. The smallest absolute Gasteiger partial charge is 0.180 e. The van der Waals surface area contributed by atoms with E-state index in [1.54, 1.807) is 0 Å². The van der Waals surface area contributed by atoms with Gasteiger partial charge >= 0.3 is 0 Å². The van der Waals surface area contributed by atoms with Gasteiger partial charge in [-0.1, -0.05) is 13.8 Å². The fourth-order valence-electron chi connectivity index (χ4n) is 6.71. The van der Waals surface area contributed by atoms with Crippen molar-refractivity contribution in [3.63, 3.8) is 0 Å². The minimum absolute atomic E-state index is 0.0156. The van der Waals surface area contributed by atoms with Gasteiger partial charge < -0.3 is 4.74 Å². The van der Waals surface area contributed by atoms with Gasteiger partial charge in [-0.05, 0) is 67.6 Å². The Morgan fingerprint density at radius 2 is 1.91 bits per heavy atom. The molecule has 0 bridgehead atoms. The van der Waals surface area contributed by atoms with Gasteiger partial charge in [-0.3, -0.25) is 10.2 Å². The summed E-state index contributed by atoms with van der Waals surface area (Å²) in [5.74, 6) is 3.76. The molecule has 0 aromatic rings. The fraction of sp³-hybridized carbons (Fsp3) is 0.895. The molecule has 1 heterocycles. The number of ketones is 1. The van der Waals surface area contributed by atoms with Crippen LogP contribution in [-0.4, -0.2) is 18.3 Å². The summed E-state index contributed by atoms with van der Waals surface area (Å²) < 4.78 is 5.59. The second-order valence-electron chi connectivity index (χ2n) is 8.80. The van der Waals surface area contributed by atoms with E-state index in [2.05, 4.69) is 13.8 Å². The van der Waals surface area contributed by atoms with E-state index in [1.165, 1.54) is 19.3 Å². The zero-order valence-corrected chi connectivity index (χ0v) is 14.0. The number of ether oxygens (including phenoxy) is 1. The minimum atomic E-state index is -0.0156. The number of carbonyl (C=O) groups excluding carboxylic acids is 1. The van der Waals surface area contributed by atoms with E-state index in [0.29, 0.717) is 28.9 Å². The molecule has 6 atom stereocenters. The molecule has 0 aromatic heterocycles. The molecule has 0 amide bonds. The molecule has 1 aliphatic heterocycles. The lowest BCUT2D eigenvalue weighted by Gasteiger charge is -2.57. The first-order chi connectivity index (χ1) is 10.4. The third-order valence-corrected chi connectivity index (χ3v) is 8.12. The van der Waals surface area contributed by atoms with Crippen LogP contribution < -0.4 is 0 Å². The number of carbonyl (C=O) groups is 1. The average Bonchev–Trinajstić information content (AvgIpc) is 2.68. The molecule has 0 radical (unpaired) electrons. The van der Waals surface area contributed by atoms with Gasteiger partial charge in [0.1, 0.15) is 5.78 Å². The molecule has 3 nitrogen and oxygen atoms in total. The lowest BCUT2D eigenvalue weighted by molar-refractivity contribution is -0.136. The van der Waals surface area contributed by atoms with Crippen molar-refractivity contribution in [2.45, 2.75) is 65.2 Å². The van der Waals surface area contributed by atoms with E-state index in [4.69, 9.17) is 10.1 Å². The first-order valence-electron chi connectivity index (χ1n) is 9.19. The topological polar surface area (TPSA) is 50.1 Å². The van der Waals surface area contributed by atoms with Crippen molar-refractivity contribution in [1.82, 2.24) is 0 Å². The first kappa shape index (κ1) is 14.7. The second-order valence-corrected chi connectivity index (χ2v) is 8.80. The average molecular weight is 303 g/mol. The molecule has 0 aromatic carbocycles. The fourth-order valence-corrected chi connectivity index (χ4v) is 6.71. The summed E-state index contributed by atoms with van der Waals surface area (Å²) >= 11 is 0. The Kier molecular flexibility index (Phi) is 3.22. The van der Waals surface area contributed by atoms with Crippen molar-refractivity contribution in [2.24, 2.45) is 34.5 Å². The maximum atomic E-state index is 12.4. The van der Waals surface area contributed by atoms with Gasteiger partial charge in [0.25, 0.3) is 0 Å². The largest absolute Gasteiger partial charge is 0.481 e. The number of Topliss-reactive ketones (excluding diaryl/α,β-unsaturated/α-hetero) is 1. The summed E-state index contributed by atoms with van der Waals surface area (Å²) in [6, 6.07) is 0. The van der Waals surface area contributed by atoms with Crippen molar-refractivity contribution < 1.29 is 9.53 Å². The Morgan fingerprint density at radius 3 is 2.73 bits per heavy atom. The van der Waals surface area contributed by atoms with Crippen molar-refractivity contribution in [2.75, 3.05) is 6.61 Å². The predicted molar refractivity (Wildman–Crippen MR) is 85.8 cm³/mol. The van der Waals surface area contributed by atoms with Gasteiger partial charge in [0.05, 0.1) is 6.61 Å². The number of nitrogens with one attached hydrogen (secondary N) is 1. The highest BCUT2D eigenvalue weighted by Crippen LogP contribution is 2.64. The van der Waals surface area contributed by atoms with E-state index in [9.17, 15) is 4.79 Å². The van der Waals surface area contributed by atoms with E-state index in [0.717, 1.165) is 50.5 Å². The summed E-state index contributed by atoms with van der Waals surface area (Å²) in [7, 11) is 0. The number of fused-ring (bicyclic) bond motifs is 5. The highest BCUT2D eigenvalue weighted by Gasteiger charge is 2.59. The van der Waals surface area contributed by atoms with Crippen molar-refractivity contribution >= 4 is 11.7 Å². The summed E-state index contributed by atoms with van der Waals surface area (Å²) in [6.07, 6.45) is 8.68. The SMILES string of the molecule is CC12CCC3C(CCC4CC(=N)OCCC43C)C1CCC2=O. The highest BCUT2D eigenvalue weighted by atomic mass is 16.5. The van der Waals surface area contributed by atoms with Gasteiger partial charge in [-0.2, -0.15) is 0 Å². The van der Waals surface area contributed by atoms with Crippen LogP contribution in [0.4, 0.5) is 0 Å². The number of hydrogen-bond acceptors (Lipinski definition) is 3. The van der Waals surface area contributed by atoms with Crippen LogP contribution in [0.25, 0.3) is 0 Å². The quantitative estimate of drug-likeness (QED) is 0.729. The van der Waals surface area contributed by atoms with Gasteiger partial charge in [-0.15, -0.1) is 0 Å². The lowest BCUT2D eigenvalue weighted by atomic mass is 9.47. The molecule has 122 valence electrons. The van der Waals surface area contributed by atoms with Gasteiger partial charge in [0.2, 0.25) is 0 Å². The molecular formula is C19H29NO2. The molecular weight excluding hydrogens is 274 g/mol. The van der Waals surface area contributed by atoms with Crippen molar-refractivity contribution in [1.29, 1.82) is 5.41 Å². The van der Waals surface area contributed by atoms with E-state index in [1.807, 2.05) is 0 Å². The van der Waals surface area contributed by atoms with E-state index < -0.39 is 0 Å². The summed E-state index contributed by atoms with van der Waals surface area (Å²) in [5.41, 5.74) is 0.303. The predicted octanol–water partition coefficient (Wildman–Crippen LogP) is 4.20. The first-order valence-corrected chi connectivity index (χ1v) is 9.19. The van der Waals surface area contributed by atoms with Crippen LogP contribution >= 0.6 is 0 Å². The zero-order valence-electron chi connectivity index (χ0n) is 14.0. The lowest BCUT2D eigenvalue weighted by Crippen LogP contribution is -2.52. The monoisotopic (exact) mass is 303 g/mol. The van der Waals surface area contributed by atoms with Crippen molar-refractivity contribution in [3.8, 4) is 0 Å². The molecule has 4 rings (SSSR count). The summed E-state index contributed by atoms with van der Waals surface area (Å²) in [4.78, 5) is 12.4. The van der Waals surface area contributed by atoms with Gasteiger partial charge in [0, 0.05) is 18.3 Å². The molecule has 3 saturated carbocycles. The summed E-state index contributed by atoms with van der Waals surface area (Å²) in [6.45, 7) is 5.44. The van der Waals surface area contributed by atoms with Crippen LogP contribution in [0.3, 0.4) is 0 Å². The van der Waals surface area contributed by atoms with Crippen LogP contribution in [0, 0.1) is 39.9 Å². The Labute approximate surface area is 133 Å². The molecule has 4 fully saturated rings. The van der Waals surface area contributed by atoms with Gasteiger partial charge in [0.15, 0.2) is 5.90 Å². The van der Waals surface area contributed by atoms with Crippen LogP contribution in [-0.2, 0) is 9.53 Å². The summed E-state index contributed by atoms with van der Waals surface area (Å²) in [5, 5.41) is 7.98. The maximum absolute atomic E-state index is 12.4. The molecule has 3 heteroatoms. The van der Waals surface area contributed by atoms with E-state index >= 15 is 0 Å². The Morgan fingerprint density at radius 1 is 1.09 bits per heavy atom. The zero-order chi connectivity index (χ0) is 15.5. The molecule has 22 heavy (non-hydrogen) atoms. The molecule has 4 aliphatic rings. The third-order valence-electron chi connectivity index (χ3n) is 8.12. The standard InChI is InChI=1S/C19H29NO2/c1-18-9-10-22-17(20)11-12(18)3-4-13-14-5-6-16(21)19(14,2)8-7-15(13)18/h12-15,20H,3-11H2,1-2H3.